The molecule has 0 aliphatic rings. The molecule has 0 saturated heterocycles. The molecule has 0 aliphatic carbocycles. The molecule has 78 valence electrons. The molecule has 0 unspecified atom stereocenters. The van der Waals surface area contributed by atoms with Crippen LogP contribution in [-0.4, -0.2) is 28.8 Å². The summed E-state index contributed by atoms with van der Waals surface area (Å²) >= 11 is 0. The summed E-state index contributed by atoms with van der Waals surface area (Å²) in [6.07, 6.45) is 3.57. The number of nitrogens with zero attached hydrogens (tertiary/aromatic N) is 3. The predicted molar refractivity (Wildman–Crippen MR) is 56.0 cm³/mol. The van der Waals surface area contributed by atoms with Crippen LogP contribution in [0.1, 0.15) is 25.4 Å². The van der Waals surface area contributed by atoms with Gasteiger partial charge in [-0.1, -0.05) is 13.8 Å². The average molecular weight is 194 g/mol. The predicted octanol–water partition coefficient (Wildman–Crippen LogP) is 0.832. The molecule has 0 atom stereocenters. The molecule has 0 spiro atoms. The van der Waals surface area contributed by atoms with E-state index in [-0.39, 0.29) is 0 Å². The molecule has 0 aliphatic heterocycles. The maximum atomic E-state index is 4.44. The van der Waals surface area contributed by atoms with Crippen molar-refractivity contribution in [3.63, 3.8) is 0 Å². The number of likely N-dealkylation sites (N-methyl/N-ethyl adjacent to an activating group) is 1. The highest BCUT2D eigenvalue weighted by Crippen LogP contribution is 2.03. The van der Waals surface area contributed by atoms with Gasteiger partial charge in [0.2, 0.25) is 0 Å². The van der Waals surface area contributed by atoms with Crippen LogP contribution in [0.5, 0.6) is 0 Å². The first kappa shape index (κ1) is 11.0. The molecular formula is C10H18N4. The Morgan fingerprint density at radius 1 is 1.43 bits per heavy atom. The first-order valence-corrected chi connectivity index (χ1v) is 5.04. The van der Waals surface area contributed by atoms with E-state index in [1.165, 1.54) is 0 Å². The Morgan fingerprint density at radius 3 is 2.86 bits per heavy atom. The molecule has 4 nitrogen and oxygen atoms in total. The second-order valence-corrected chi connectivity index (χ2v) is 3.82. The van der Waals surface area contributed by atoms with E-state index < -0.39 is 0 Å². The lowest BCUT2D eigenvalue weighted by Gasteiger charge is -2.04. The van der Waals surface area contributed by atoms with E-state index >= 15 is 0 Å². The normalized spacial score (nSPS) is 10.9. The quantitative estimate of drug-likeness (QED) is 0.754. The standard InChI is InChI=1S/C10H18N4/c1-8(2)6-9-7-12-14-10(13-9)4-5-11-3/h7-8,11H,4-6H2,1-3H3. The van der Waals surface area contributed by atoms with Gasteiger partial charge in [0.1, 0.15) is 0 Å². The van der Waals surface area contributed by atoms with Crippen molar-refractivity contribution >= 4 is 0 Å². The van der Waals surface area contributed by atoms with Crippen LogP contribution in [0, 0.1) is 5.92 Å². The van der Waals surface area contributed by atoms with Gasteiger partial charge in [-0.25, -0.2) is 4.98 Å². The van der Waals surface area contributed by atoms with Gasteiger partial charge >= 0.3 is 0 Å². The van der Waals surface area contributed by atoms with E-state index in [2.05, 4.69) is 34.3 Å². The number of nitrogens with one attached hydrogen (secondary N) is 1. The van der Waals surface area contributed by atoms with Gasteiger partial charge in [0, 0.05) is 13.0 Å². The van der Waals surface area contributed by atoms with Gasteiger partial charge in [0.15, 0.2) is 5.82 Å². The second kappa shape index (κ2) is 5.65. The topological polar surface area (TPSA) is 50.7 Å². The summed E-state index contributed by atoms with van der Waals surface area (Å²) in [4.78, 5) is 4.44. The number of hydrogen-bond acceptors (Lipinski definition) is 4. The molecule has 4 heteroatoms. The summed E-state index contributed by atoms with van der Waals surface area (Å²) in [7, 11) is 1.92. The van der Waals surface area contributed by atoms with Gasteiger partial charge in [-0.05, 0) is 19.4 Å². The minimum Gasteiger partial charge on any atom is -0.319 e. The molecule has 0 radical (unpaired) electrons. The Balaban J connectivity index is 2.59. The highest BCUT2D eigenvalue weighted by Gasteiger charge is 2.02. The molecule has 0 aromatic carbocycles. The SMILES string of the molecule is CNCCc1nncc(CC(C)C)n1. The van der Waals surface area contributed by atoms with E-state index in [1.807, 2.05) is 7.05 Å². The Bertz CT molecular complexity index is 273. The van der Waals surface area contributed by atoms with Crippen molar-refractivity contribution in [1.82, 2.24) is 20.5 Å². The zero-order chi connectivity index (χ0) is 10.4. The first-order valence-electron chi connectivity index (χ1n) is 5.04. The molecule has 14 heavy (non-hydrogen) atoms. The smallest absolute Gasteiger partial charge is 0.152 e. The third-order valence-corrected chi connectivity index (χ3v) is 1.87. The fourth-order valence-corrected chi connectivity index (χ4v) is 1.24. The van der Waals surface area contributed by atoms with E-state index in [0.29, 0.717) is 5.92 Å². The lowest BCUT2D eigenvalue weighted by molar-refractivity contribution is 0.620. The highest BCUT2D eigenvalue weighted by atomic mass is 15.1. The minimum atomic E-state index is 0.615. The third-order valence-electron chi connectivity index (χ3n) is 1.87. The second-order valence-electron chi connectivity index (χ2n) is 3.82. The van der Waals surface area contributed by atoms with Gasteiger partial charge < -0.3 is 5.32 Å². The summed E-state index contributed by atoms with van der Waals surface area (Å²) in [6.45, 7) is 5.25. The monoisotopic (exact) mass is 194 g/mol. The van der Waals surface area contributed by atoms with Gasteiger partial charge in [-0.15, -0.1) is 5.10 Å². The summed E-state index contributed by atoms with van der Waals surface area (Å²) in [5.41, 5.74) is 1.04. The van der Waals surface area contributed by atoms with Crippen LogP contribution in [0.25, 0.3) is 0 Å². The van der Waals surface area contributed by atoms with Gasteiger partial charge in [-0.2, -0.15) is 5.10 Å². The fourth-order valence-electron chi connectivity index (χ4n) is 1.24. The zero-order valence-corrected chi connectivity index (χ0v) is 9.12. The molecule has 0 amide bonds. The number of rotatable bonds is 5. The fraction of sp³-hybridized carbons (Fsp3) is 0.700. The molecule has 0 bridgehead atoms. The number of hydrogen-bond donors (Lipinski definition) is 1. The highest BCUT2D eigenvalue weighted by molar-refractivity contribution is 4.97. The lowest BCUT2D eigenvalue weighted by Crippen LogP contribution is -2.13. The van der Waals surface area contributed by atoms with Crippen LogP contribution in [0.15, 0.2) is 6.20 Å². The summed E-state index contributed by atoms with van der Waals surface area (Å²) in [6, 6.07) is 0. The Morgan fingerprint density at radius 2 is 2.21 bits per heavy atom. The van der Waals surface area contributed by atoms with E-state index in [9.17, 15) is 0 Å². The summed E-state index contributed by atoms with van der Waals surface area (Å²) < 4.78 is 0. The molecule has 1 aromatic heterocycles. The molecule has 1 heterocycles. The molecule has 1 N–H and O–H groups in total. The van der Waals surface area contributed by atoms with Gasteiger partial charge in [-0.3, -0.25) is 0 Å². The van der Waals surface area contributed by atoms with Gasteiger partial charge in [0.05, 0.1) is 11.9 Å². The third kappa shape index (κ3) is 3.79. The maximum Gasteiger partial charge on any atom is 0.152 e. The number of aromatic nitrogens is 3. The van der Waals surface area contributed by atoms with Crippen molar-refractivity contribution in [3.05, 3.63) is 17.7 Å². The van der Waals surface area contributed by atoms with Crippen molar-refractivity contribution in [2.75, 3.05) is 13.6 Å². The summed E-state index contributed by atoms with van der Waals surface area (Å²) in [5, 5.41) is 11.0. The van der Waals surface area contributed by atoms with Crippen LogP contribution in [0.3, 0.4) is 0 Å². The Hall–Kier alpha value is -1.03. The van der Waals surface area contributed by atoms with E-state index in [4.69, 9.17) is 0 Å². The van der Waals surface area contributed by atoms with Crippen LogP contribution >= 0.6 is 0 Å². The van der Waals surface area contributed by atoms with E-state index in [1.54, 1.807) is 6.20 Å². The molecule has 0 saturated carbocycles. The van der Waals surface area contributed by atoms with Crippen LogP contribution in [0.4, 0.5) is 0 Å². The van der Waals surface area contributed by atoms with Crippen molar-refractivity contribution in [2.45, 2.75) is 26.7 Å². The molecular weight excluding hydrogens is 176 g/mol. The molecule has 1 rings (SSSR count). The zero-order valence-electron chi connectivity index (χ0n) is 9.12. The summed E-state index contributed by atoms with van der Waals surface area (Å²) in [5.74, 6) is 1.45. The Kier molecular flexibility index (Phi) is 4.46. The van der Waals surface area contributed by atoms with Crippen LogP contribution < -0.4 is 5.32 Å². The average Bonchev–Trinajstić information content (AvgIpc) is 2.14. The van der Waals surface area contributed by atoms with Crippen molar-refractivity contribution in [3.8, 4) is 0 Å². The van der Waals surface area contributed by atoms with Crippen molar-refractivity contribution < 1.29 is 0 Å². The first-order chi connectivity index (χ1) is 6.72. The van der Waals surface area contributed by atoms with Crippen molar-refractivity contribution in [2.24, 2.45) is 5.92 Å². The largest absolute Gasteiger partial charge is 0.319 e. The lowest BCUT2D eigenvalue weighted by atomic mass is 10.1. The van der Waals surface area contributed by atoms with Crippen molar-refractivity contribution in [1.29, 1.82) is 0 Å². The van der Waals surface area contributed by atoms with E-state index in [0.717, 1.165) is 30.9 Å². The van der Waals surface area contributed by atoms with Crippen LogP contribution in [0.2, 0.25) is 0 Å². The Labute approximate surface area is 85.2 Å². The van der Waals surface area contributed by atoms with Gasteiger partial charge in [0.25, 0.3) is 0 Å². The maximum absolute atomic E-state index is 4.44. The van der Waals surface area contributed by atoms with Crippen LogP contribution in [-0.2, 0) is 12.8 Å². The molecule has 0 fully saturated rings. The molecule has 1 aromatic rings. The minimum absolute atomic E-state index is 0.615.